The van der Waals surface area contributed by atoms with Crippen molar-refractivity contribution in [2.45, 2.75) is 25.4 Å². The summed E-state index contributed by atoms with van der Waals surface area (Å²) in [5, 5.41) is 4.06. The fourth-order valence-electron chi connectivity index (χ4n) is 2.00. The molecule has 1 aromatic rings. The molecule has 2 heterocycles. The minimum absolute atomic E-state index is 0.150. The number of nitrogens with two attached hydrogens (primary N) is 1. The summed E-state index contributed by atoms with van der Waals surface area (Å²) in [6.07, 6.45) is 0.808. The van der Waals surface area contributed by atoms with E-state index in [1.54, 1.807) is 0 Å². The third-order valence-corrected chi connectivity index (χ3v) is 3.36. The lowest BCUT2D eigenvalue weighted by Gasteiger charge is -2.35. The Morgan fingerprint density at radius 3 is 2.94 bits per heavy atom. The number of rotatable bonds is 3. The molecule has 1 aliphatic rings. The van der Waals surface area contributed by atoms with Gasteiger partial charge in [0.1, 0.15) is 0 Å². The SMILES string of the molecule is CC[C@H](N)c1nc(C2CN(C)CCN2C)no1. The van der Waals surface area contributed by atoms with Crippen molar-refractivity contribution < 1.29 is 4.52 Å². The second-order valence-corrected chi connectivity index (χ2v) is 4.76. The number of likely N-dealkylation sites (N-methyl/N-ethyl adjacent to an activating group) is 2. The summed E-state index contributed by atoms with van der Waals surface area (Å²) >= 11 is 0. The van der Waals surface area contributed by atoms with Crippen LogP contribution in [-0.4, -0.2) is 53.7 Å². The standard InChI is InChI=1S/C11H21N5O/c1-4-8(12)11-13-10(14-17-11)9-7-15(2)5-6-16(9)3/h8-9H,4-7,12H2,1-3H3/t8-,9?/m0/s1. The average Bonchev–Trinajstić information content (AvgIpc) is 2.80. The largest absolute Gasteiger partial charge is 0.338 e. The van der Waals surface area contributed by atoms with Crippen molar-refractivity contribution in [2.75, 3.05) is 33.7 Å². The van der Waals surface area contributed by atoms with Crippen LogP contribution < -0.4 is 5.73 Å². The van der Waals surface area contributed by atoms with Crippen LogP contribution in [-0.2, 0) is 0 Å². The number of aromatic nitrogens is 2. The molecule has 1 fully saturated rings. The van der Waals surface area contributed by atoms with E-state index in [1.807, 2.05) is 6.92 Å². The minimum Gasteiger partial charge on any atom is -0.338 e. The first kappa shape index (κ1) is 12.5. The molecule has 1 saturated heterocycles. The van der Waals surface area contributed by atoms with Crippen molar-refractivity contribution in [3.63, 3.8) is 0 Å². The highest BCUT2D eigenvalue weighted by molar-refractivity contribution is 4.99. The Morgan fingerprint density at radius 1 is 1.47 bits per heavy atom. The molecule has 1 aromatic heterocycles. The zero-order valence-electron chi connectivity index (χ0n) is 10.8. The Hall–Kier alpha value is -0.980. The predicted octanol–water partition coefficient (Wildman–Crippen LogP) is 0.398. The molecule has 6 heteroatoms. The van der Waals surface area contributed by atoms with Gasteiger partial charge in [-0.25, -0.2) is 0 Å². The monoisotopic (exact) mass is 239 g/mol. The highest BCUT2D eigenvalue weighted by Crippen LogP contribution is 2.22. The molecule has 0 aromatic carbocycles. The number of hydrogen-bond donors (Lipinski definition) is 1. The van der Waals surface area contributed by atoms with Crippen LogP contribution in [0.4, 0.5) is 0 Å². The van der Waals surface area contributed by atoms with E-state index in [4.69, 9.17) is 10.3 Å². The van der Waals surface area contributed by atoms with E-state index in [0.29, 0.717) is 5.89 Å². The van der Waals surface area contributed by atoms with Gasteiger partial charge >= 0.3 is 0 Å². The number of nitrogens with zero attached hydrogens (tertiary/aromatic N) is 4. The van der Waals surface area contributed by atoms with Gasteiger partial charge in [0.2, 0.25) is 5.89 Å². The van der Waals surface area contributed by atoms with Gasteiger partial charge in [0.15, 0.2) is 5.82 Å². The molecule has 2 rings (SSSR count). The summed E-state index contributed by atoms with van der Waals surface area (Å²) in [7, 11) is 4.20. The quantitative estimate of drug-likeness (QED) is 0.823. The zero-order chi connectivity index (χ0) is 12.4. The smallest absolute Gasteiger partial charge is 0.243 e. The van der Waals surface area contributed by atoms with E-state index in [-0.39, 0.29) is 12.1 Å². The molecule has 0 bridgehead atoms. The predicted molar refractivity (Wildman–Crippen MR) is 64.4 cm³/mol. The van der Waals surface area contributed by atoms with Crippen molar-refractivity contribution in [1.29, 1.82) is 0 Å². The fourth-order valence-corrected chi connectivity index (χ4v) is 2.00. The molecule has 0 spiro atoms. The molecule has 0 amide bonds. The van der Waals surface area contributed by atoms with E-state index in [1.165, 1.54) is 0 Å². The van der Waals surface area contributed by atoms with Gasteiger partial charge in [0.25, 0.3) is 0 Å². The van der Waals surface area contributed by atoms with Gasteiger partial charge in [-0.2, -0.15) is 4.98 Å². The van der Waals surface area contributed by atoms with Gasteiger partial charge in [-0.3, -0.25) is 4.90 Å². The summed E-state index contributed by atoms with van der Waals surface area (Å²) in [4.78, 5) is 8.95. The van der Waals surface area contributed by atoms with Crippen molar-refractivity contribution in [2.24, 2.45) is 5.73 Å². The number of hydrogen-bond acceptors (Lipinski definition) is 6. The first-order valence-corrected chi connectivity index (χ1v) is 6.09. The lowest BCUT2D eigenvalue weighted by atomic mass is 10.2. The molecule has 2 N–H and O–H groups in total. The van der Waals surface area contributed by atoms with Gasteiger partial charge in [-0.15, -0.1) is 0 Å². The second kappa shape index (κ2) is 5.12. The molecular weight excluding hydrogens is 218 g/mol. The molecule has 96 valence electrons. The Bertz CT molecular complexity index is 366. The Morgan fingerprint density at radius 2 is 2.24 bits per heavy atom. The summed E-state index contributed by atoms with van der Waals surface area (Å²) < 4.78 is 5.22. The summed E-state index contributed by atoms with van der Waals surface area (Å²) in [6.45, 7) is 5.03. The maximum atomic E-state index is 5.88. The van der Waals surface area contributed by atoms with Crippen molar-refractivity contribution in [3.05, 3.63) is 11.7 Å². The Kier molecular flexibility index (Phi) is 3.76. The van der Waals surface area contributed by atoms with Gasteiger partial charge in [-0.1, -0.05) is 12.1 Å². The maximum Gasteiger partial charge on any atom is 0.243 e. The van der Waals surface area contributed by atoms with Crippen molar-refractivity contribution in [3.8, 4) is 0 Å². The molecule has 1 aliphatic heterocycles. The van der Waals surface area contributed by atoms with E-state index in [2.05, 4.69) is 34.0 Å². The molecule has 0 aliphatic carbocycles. The lowest BCUT2D eigenvalue weighted by molar-refractivity contribution is 0.108. The highest BCUT2D eigenvalue weighted by atomic mass is 16.5. The second-order valence-electron chi connectivity index (χ2n) is 4.76. The van der Waals surface area contributed by atoms with Crippen LogP contribution in [0.1, 0.15) is 37.1 Å². The molecule has 0 radical (unpaired) electrons. The third kappa shape index (κ3) is 2.65. The van der Waals surface area contributed by atoms with E-state index >= 15 is 0 Å². The highest BCUT2D eigenvalue weighted by Gasteiger charge is 2.28. The first-order valence-electron chi connectivity index (χ1n) is 6.09. The van der Waals surface area contributed by atoms with Crippen LogP contribution in [0.5, 0.6) is 0 Å². The molecule has 2 atom stereocenters. The van der Waals surface area contributed by atoms with Crippen molar-refractivity contribution >= 4 is 0 Å². The summed E-state index contributed by atoms with van der Waals surface area (Å²) in [5.41, 5.74) is 5.88. The molecule has 0 saturated carbocycles. The van der Waals surface area contributed by atoms with Crippen LogP contribution in [0.25, 0.3) is 0 Å². The van der Waals surface area contributed by atoms with Crippen LogP contribution in [0.3, 0.4) is 0 Å². The van der Waals surface area contributed by atoms with Crippen molar-refractivity contribution in [1.82, 2.24) is 19.9 Å². The molecule has 1 unspecified atom stereocenters. The van der Waals surface area contributed by atoms with E-state index in [9.17, 15) is 0 Å². The Balaban J connectivity index is 2.13. The topological polar surface area (TPSA) is 71.4 Å². The molecule has 17 heavy (non-hydrogen) atoms. The van der Waals surface area contributed by atoms with Gasteiger partial charge in [0, 0.05) is 19.6 Å². The average molecular weight is 239 g/mol. The first-order chi connectivity index (χ1) is 8.11. The van der Waals surface area contributed by atoms with Crippen LogP contribution >= 0.6 is 0 Å². The Labute approximate surface area is 102 Å². The van der Waals surface area contributed by atoms with Crippen LogP contribution in [0.2, 0.25) is 0 Å². The van der Waals surface area contributed by atoms with Gasteiger partial charge in [-0.05, 0) is 20.5 Å². The van der Waals surface area contributed by atoms with Crippen LogP contribution in [0, 0.1) is 0 Å². The maximum absolute atomic E-state index is 5.88. The normalized spacial score (nSPS) is 25.1. The van der Waals surface area contributed by atoms with Crippen LogP contribution in [0.15, 0.2) is 4.52 Å². The lowest BCUT2D eigenvalue weighted by Crippen LogP contribution is -2.45. The summed E-state index contributed by atoms with van der Waals surface area (Å²) in [6, 6.07) is 0.0539. The zero-order valence-corrected chi connectivity index (χ0v) is 10.8. The van der Waals surface area contributed by atoms with E-state index < -0.39 is 0 Å². The molecular formula is C11H21N5O. The van der Waals surface area contributed by atoms with Gasteiger partial charge < -0.3 is 15.2 Å². The fraction of sp³-hybridized carbons (Fsp3) is 0.818. The minimum atomic E-state index is -0.150. The molecule has 6 nitrogen and oxygen atoms in total. The third-order valence-electron chi connectivity index (χ3n) is 3.36. The number of piperazine rings is 1. The summed E-state index contributed by atoms with van der Waals surface area (Å²) in [5.74, 6) is 1.29. The van der Waals surface area contributed by atoms with E-state index in [0.717, 1.165) is 31.9 Å². The van der Waals surface area contributed by atoms with Gasteiger partial charge in [0.05, 0.1) is 12.1 Å².